The van der Waals surface area contributed by atoms with Gasteiger partial charge < -0.3 is 4.74 Å². The number of hydrogen-bond acceptors (Lipinski definition) is 2. The van der Waals surface area contributed by atoms with Gasteiger partial charge in [0.2, 0.25) is 0 Å². The molecule has 2 heteroatoms. The molecule has 0 unspecified atom stereocenters. The molecule has 80 valence electrons. The minimum Gasteiger partial charge on any atom is -0.427 e. The Morgan fingerprint density at radius 1 is 1.33 bits per heavy atom. The lowest BCUT2D eigenvalue weighted by Crippen LogP contribution is -2.07. The highest BCUT2D eigenvalue weighted by molar-refractivity contribution is 5.72. The maximum Gasteiger partial charge on any atom is 0.311 e. The molecule has 1 aromatic rings. The van der Waals surface area contributed by atoms with Crippen LogP contribution in [0.25, 0.3) is 0 Å². The topological polar surface area (TPSA) is 26.3 Å². The van der Waals surface area contributed by atoms with Gasteiger partial charge >= 0.3 is 5.97 Å². The van der Waals surface area contributed by atoms with Crippen molar-refractivity contribution in [1.82, 2.24) is 0 Å². The zero-order valence-corrected chi connectivity index (χ0v) is 9.08. The van der Waals surface area contributed by atoms with E-state index in [2.05, 4.69) is 6.07 Å². The summed E-state index contributed by atoms with van der Waals surface area (Å²) in [7, 11) is 0. The second-order valence-corrected chi connectivity index (χ2v) is 4.01. The van der Waals surface area contributed by atoms with Crippen LogP contribution in [0, 0.1) is 0 Å². The van der Waals surface area contributed by atoms with Gasteiger partial charge in [0, 0.05) is 6.42 Å². The summed E-state index contributed by atoms with van der Waals surface area (Å²) in [6.07, 6.45) is 4.84. The maximum atomic E-state index is 11.3. The van der Waals surface area contributed by atoms with Gasteiger partial charge in [-0.1, -0.05) is 13.0 Å². The SMILES string of the molecule is CCCC(=O)Oc1ccc2c(c1)CCC2. The van der Waals surface area contributed by atoms with Crippen LogP contribution in [-0.2, 0) is 17.6 Å². The van der Waals surface area contributed by atoms with Gasteiger partial charge in [-0.2, -0.15) is 0 Å². The Kier molecular flexibility index (Phi) is 3.05. The van der Waals surface area contributed by atoms with E-state index < -0.39 is 0 Å². The third kappa shape index (κ3) is 2.38. The standard InChI is InChI=1S/C13H16O2/c1-2-4-13(14)15-12-8-7-10-5-3-6-11(10)9-12/h7-9H,2-6H2,1H3. The predicted octanol–water partition coefficient (Wildman–Crippen LogP) is 2.88. The van der Waals surface area contributed by atoms with E-state index in [1.807, 2.05) is 19.1 Å². The van der Waals surface area contributed by atoms with Gasteiger partial charge in [-0.15, -0.1) is 0 Å². The fourth-order valence-corrected chi connectivity index (χ4v) is 2.00. The molecule has 0 atom stereocenters. The first-order valence-electron chi connectivity index (χ1n) is 5.62. The van der Waals surface area contributed by atoms with Gasteiger partial charge in [0.15, 0.2) is 0 Å². The maximum absolute atomic E-state index is 11.3. The molecule has 0 fully saturated rings. The van der Waals surface area contributed by atoms with Crippen molar-refractivity contribution in [2.45, 2.75) is 39.0 Å². The average molecular weight is 204 g/mol. The Hall–Kier alpha value is -1.31. The van der Waals surface area contributed by atoms with E-state index >= 15 is 0 Å². The van der Waals surface area contributed by atoms with E-state index in [1.54, 1.807) is 0 Å². The first kappa shape index (κ1) is 10.2. The number of carbonyl (C=O) groups excluding carboxylic acids is 1. The van der Waals surface area contributed by atoms with Crippen LogP contribution in [0.15, 0.2) is 18.2 Å². The monoisotopic (exact) mass is 204 g/mol. The molecule has 0 aliphatic heterocycles. The van der Waals surface area contributed by atoms with E-state index in [-0.39, 0.29) is 5.97 Å². The highest BCUT2D eigenvalue weighted by Crippen LogP contribution is 2.26. The largest absolute Gasteiger partial charge is 0.427 e. The van der Waals surface area contributed by atoms with Crippen molar-refractivity contribution in [3.63, 3.8) is 0 Å². The van der Waals surface area contributed by atoms with E-state index in [1.165, 1.54) is 24.0 Å². The molecule has 2 nitrogen and oxygen atoms in total. The molecule has 0 radical (unpaired) electrons. The van der Waals surface area contributed by atoms with Crippen LogP contribution in [0.3, 0.4) is 0 Å². The Labute approximate surface area is 90.3 Å². The molecule has 2 rings (SSSR count). The fraction of sp³-hybridized carbons (Fsp3) is 0.462. The third-order valence-corrected chi connectivity index (χ3v) is 2.76. The fourth-order valence-electron chi connectivity index (χ4n) is 2.00. The number of aryl methyl sites for hydroxylation is 2. The van der Waals surface area contributed by atoms with E-state index in [9.17, 15) is 4.79 Å². The van der Waals surface area contributed by atoms with Gasteiger partial charge in [-0.3, -0.25) is 4.79 Å². The van der Waals surface area contributed by atoms with E-state index in [0.717, 1.165) is 12.8 Å². The summed E-state index contributed by atoms with van der Waals surface area (Å²) in [5, 5.41) is 0. The summed E-state index contributed by atoms with van der Waals surface area (Å²) >= 11 is 0. The minimum absolute atomic E-state index is 0.129. The minimum atomic E-state index is -0.129. The van der Waals surface area contributed by atoms with Crippen molar-refractivity contribution in [1.29, 1.82) is 0 Å². The lowest BCUT2D eigenvalue weighted by molar-refractivity contribution is -0.134. The molecule has 0 saturated heterocycles. The molecular formula is C13H16O2. The van der Waals surface area contributed by atoms with Crippen molar-refractivity contribution < 1.29 is 9.53 Å². The van der Waals surface area contributed by atoms with Gasteiger partial charge in [0.05, 0.1) is 0 Å². The summed E-state index contributed by atoms with van der Waals surface area (Å²) in [5.41, 5.74) is 2.75. The van der Waals surface area contributed by atoms with Crippen LogP contribution in [0.5, 0.6) is 5.75 Å². The highest BCUT2D eigenvalue weighted by Gasteiger charge is 2.12. The molecule has 1 aliphatic rings. The number of esters is 1. The van der Waals surface area contributed by atoms with Crippen LogP contribution in [0.2, 0.25) is 0 Å². The molecule has 0 saturated carbocycles. The van der Waals surface area contributed by atoms with Gasteiger partial charge in [-0.25, -0.2) is 0 Å². The zero-order valence-electron chi connectivity index (χ0n) is 9.08. The smallest absolute Gasteiger partial charge is 0.311 e. The van der Waals surface area contributed by atoms with Crippen molar-refractivity contribution in [2.24, 2.45) is 0 Å². The molecular weight excluding hydrogens is 188 g/mol. The summed E-state index contributed by atoms with van der Waals surface area (Å²) in [6.45, 7) is 1.98. The van der Waals surface area contributed by atoms with Crippen molar-refractivity contribution in [3.8, 4) is 5.75 Å². The Morgan fingerprint density at radius 2 is 2.13 bits per heavy atom. The zero-order chi connectivity index (χ0) is 10.7. The molecule has 0 bridgehead atoms. The summed E-state index contributed by atoms with van der Waals surface area (Å²) in [4.78, 5) is 11.3. The number of benzene rings is 1. The number of hydrogen-bond donors (Lipinski definition) is 0. The van der Waals surface area contributed by atoms with Crippen molar-refractivity contribution in [2.75, 3.05) is 0 Å². The van der Waals surface area contributed by atoms with Crippen LogP contribution in [0.1, 0.15) is 37.3 Å². The van der Waals surface area contributed by atoms with Gasteiger partial charge in [-0.05, 0) is 48.9 Å². The molecule has 1 aromatic carbocycles. The number of ether oxygens (including phenoxy) is 1. The van der Waals surface area contributed by atoms with Crippen molar-refractivity contribution in [3.05, 3.63) is 29.3 Å². The number of fused-ring (bicyclic) bond motifs is 1. The average Bonchev–Trinajstić information content (AvgIpc) is 2.65. The third-order valence-electron chi connectivity index (χ3n) is 2.76. The Balaban J connectivity index is 2.06. The predicted molar refractivity (Wildman–Crippen MR) is 59.0 cm³/mol. The van der Waals surface area contributed by atoms with Crippen molar-refractivity contribution >= 4 is 5.97 Å². The summed E-state index contributed by atoms with van der Waals surface area (Å²) in [6, 6.07) is 5.99. The van der Waals surface area contributed by atoms with E-state index in [0.29, 0.717) is 12.2 Å². The second kappa shape index (κ2) is 4.47. The van der Waals surface area contributed by atoms with Crippen LogP contribution < -0.4 is 4.74 Å². The number of rotatable bonds is 3. The summed E-state index contributed by atoms with van der Waals surface area (Å²) < 4.78 is 5.24. The molecule has 0 spiro atoms. The molecule has 15 heavy (non-hydrogen) atoms. The lowest BCUT2D eigenvalue weighted by Gasteiger charge is -2.05. The van der Waals surface area contributed by atoms with E-state index in [4.69, 9.17) is 4.74 Å². The quantitative estimate of drug-likeness (QED) is 0.559. The molecule has 0 amide bonds. The summed E-state index contributed by atoms with van der Waals surface area (Å²) in [5.74, 6) is 0.574. The first-order chi connectivity index (χ1) is 7.29. The Morgan fingerprint density at radius 3 is 2.93 bits per heavy atom. The highest BCUT2D eigenvalue weighted by atomic mass is 16.5. The van der Waals surface area contributed by atoms with Crippen LogP contribution in [0.4, 0.5) is 0 Å². The van der Waals surface area contributed by atoms with Crippen LogP contribution >= 0.6 is 0 Å². The second-order valence-electron chi connectivity index (χ2n) is 4.01. The number of carbonyl (C=O) groups is 1. The van der Waals surface area contributed by atoms with Gasteiger partial charge in [0.25, 0.3) is 0 Å². The lowest BCUT2D eigenvalue weighted by atomic mass is 10.1. The Bertz CT molecular complexity index is 369. The molecule has 0 heterocycles. The normalized spacial score (nSPS) is 13.7. The van der Waals surface area contributed by atoms with Crippen LogP contribution in [-0.4, -0.2) is 5.97 Å². The molecule has 1 aliphatic carbocycles. The van der Waals surface area contributed by atoms with Gasteiger partial charge in [0.1, 0.15) is 5.75 Å². The first-order valence-corrected chi connectivity index (χ1v) is 5.62. The molecule has 0 N–H and O–H groups in total. The molecule has 0 aromatic heterocycles.